The van der Waals surface area contributed by atoms with E-state index in [0.29, 0.717) is 5.02 Å². The molecule has 0 aliphatic rings. The van der Waals surface area contributed by atoms with E-state index in [1.807, 2.05) is 48.5 Å². The van der Waals surface area contributed by atoms with Crippen molar-refractivity contribution in [2.45, 2.75) is 5.38 Å². The van der Waals surface area contributed by atoms with E-state index in [0.717, 1.165) is 24.7 Å². The number of benzene rings is 2. The molecule has 0 saturated heterocycles. The van der Waals surface area contributed by atoms with Gasteiger partial charge in [0.25, 0.3) is 0 Å². The first-order valence-electron chi connectivity index (χ1n) is 6.13. The number of hydrogen-bond donors (Lipinski definition) is 0. The van der Waals surface area contributed by atoms with E-state index in [4.69, 9.17) is 23.2 Å². The van der Waals surface area contributed by atoms with Gasteiger partial charge in [0.2, 0.25) is 0 Å². The minimum atomic E-state index is -0.283. The van der Waals surface area contributed by atoms with Crippen molar-refractivity contribution in [2.24, 2.45) is 0 Å². The Bertz CT molecular complexity index is 761. The summed E-state index contributed by atoms with van der Waals surface area (Å²) in [5.41, 5.74) is 2.01. The average Bonchev–Trinajstić information content (AvgIpc) is 2.99. The van der Waals surface area contributed by atoms with E-state index < -0.39 is 0 Å². The zero-order chi connectivity index (χ0) is 14.8. The van der Waals surface area contributed by atoms with E-state index in [9.17, 15) is 0 Å². The fraction of sp³-hybridized carbons (Fsp3) is 0.0667. The van der Waals surface area contributed by atoms with Gasteiger partial charge in [-0.15, -0.1) is 21.8 Å². The molecule has 21 heavy (non-hydrogen) atoms. The second-order valence-electron chi connectivity index (χ2n) is 4.34. The first-order valence-corrected chi connectivity index (χ1v) is 8.84. The zero-order valence-electron chi connectivity index (χ0n) is 10.6. The van der Waals surface area contributed by atoms with Crippen LogP contribution in [0.5, 0.6) is 0 Å². The topological polar surface area (TPSA) is 25.8 Å². The normalized spacial score (nSPS) is 12.3. The van der Waals surface area contributed by atoms with E-state index in [1.54, 1.807) is 0 Å². The van der Waals surface area contributed by atoms with Crippen LogP contribution >= 0.6 is 57.1 Å². The number of rotatable bonds is 3. The third kappa shape index (κ3) is 3.39. The first-order chi connectivity index (χ1) is 10.1. The monoisotopic (exact) mass is 446 g/mol. The molecular formula is C15H9Cl2IN2S. The fourth-order valence-electron chi connectivity index (χ4n) is 1.87. The Morgan fingerprint density at radius 2 is 1.81 bits per heavy atom. The Kier molecular flexibility index (Phi) is 4.78. The summed E-state index contributed by atoms with van der Waals surface area (Å²) in [6.07, 6.45) is 0. The summed E-state index contributed by atoms with van der Waals surface area (Å²) in [5.74, 6) is 0. The van der Waals surface area contributed by atoms with Crippen LogP contribution in [0.25, 0.3) is 10.6 Å². The van der Waals surface area contributed by atoms with E-state index in [-0.39, 0.29) is 5.38 Å². The standard InChI is InChI=1S/C15H9Cl2IN2S/c16-10-6-7-12(18)11(8-10)14-19-20-15(21-14)13(17)9-4-2-1-3-5-9/h1-8,13H. The van der Waals surface area contributed by atoms with Crippen LogP contribution in [0, 0.1) is 3.57 Å². The van der Waals surface area contributed by atoms with Gasteiger partial charge in [0.05, 0.1) is 0 Å². The van der Waals surface area contributed by atoms with Gasteiger partial charge in [-0.1, -0.05) is 53.3 Å². The Labute approximate surface area is 150 Å². The van der Waals surface area contributed by atoms with Crippen LogP contribution in [0.4, 0.5) is 0 Å². The summed E-state index contributed by atoms with van der Waals surface area (Å²) in [4.78, 5) is 0. The lowest BCUT2D eigenvalue weighted by atomic mass is 10.1. The van der Waals surface area contributed by atoms with Gasteiger partial charge in [0.15, 0.2) is 0 Å². The average molecular weight is 447 g/mol. The van der Waals surface area contributed by atoms with Gasteiger partial charge >= 0.3 is 0 Å². The van der Waals surface area contributed by atoms with Crippen LogP contribution in [0.2, 0.25) is 5.02 Å². The number of aromatic nitrogens is 2. The second kappa shape index (κ2) is 6.60. The molecule has 6 heteroatoms. The summed E-state index contributed by atoms with van der Waals surface area (Å²) in [6, 6.07) is 15.6. The molecule has 0 aliphatic heterocycles. The van der Waals surface area contributed by atoms with Gasteiger partial charge in [-0.2, -0.15) is 0 Å². The molecule has 0 fully saturated rings. The predicted molar refractivity (Wildman–Crippen MR) is 97.2 cm³/mol. The molecule has 1 unspecified atom stereocenters. The molecule has 1 atom stereocenters. The highest BCUT2D eigenvalue weighted by molar-refractivity contribution is 14.1. The Balaban J connectivity index is 1.95. The maximum atomic E-state index is 6.48. The summed E-state index contributed by atoms with van der Waals surface area (Å²) in [5, 5.41) is 10.5. The van der Waals surface area contributed by atoms with Crippen molar-refractivity contribution in [1.82, 2.24) is 10.2 Å². The van der Waals surface area contributed by atoms with Crippen LogP contribution in [0.3, 0.4) is 0 Å². The van der Waals surface area contributed by atoms with Crippen LogP contribution in [0.15, 0.2) is 48.5 Å². The van der Waals surface area contributed by atoms with Crippen molar-refractivity contribution in [3.63, 3.8) is 0 Å². The lowest BCUT2D eigenvalue weighted by Gasteiger charge is -2.04. The third-order valence-electron chi connectivity index (χ3n) is 2.91. The van der Waals surface area contributed by atoms with E-state index in [2.05, 4.69) is 32.8 Å². The number of alkyl halides is 1. The number of halogens is 3. The van der Waals surface area contributed by atoms with E-state index in [1.165, 1.54) is 11.3 Å². The van der Waals surface area contributed by atoms with Crippen LogP contribution in [0.1, 0.15) is 15.9 Å². The molecule has 2 nitrogen and oxygen atoms in total. The quantitative estimate of drug-likeness (QED) is 0.375. The highest BCUT2D eigenvalue weighted by atomic mass is 127. The van der Waals surface area contributed by atoms with Gasteiger partial charge in [0, 0.05) is 14.2 Å². The van der Waals surface area contributed by atoms with Crippen molar-refractivity contribution in [3.8, 4) is 10.6 Å². The molecule has 106 valence electrons. The number of hydrogen-bond acceptors (Lipinski definition) is 3. The SMILES string of the molecule is Clc1ccc(I)c(-c2nnc(C(Cl)c3ccccc3)s2)c1. The Morgan fingerprint density at radius 1 is 1.05 bits per heavy atom. The fourth-order valence-corrected chi connectivity index (χ4v) is 4.02. The molecule has 0 bridgehead atoms. The lowest BCUT2D eigenvalue weighted by molar-refractivity contribution is 0.988. The molecule has 1 aromatic heterocycles. The third-order valence-corrected chi connectivity index (χ3v) is 5.69. The molecule has 0 spiro atoms. The Hall–Kier alpha value is -0.690. The molecule has 0 aliphatic carbocycles. The van der Waals surface area contributed by atoms with Gasteiger partial charge < -0.3 is 0 Å². The summed E-state index contributed by atoms with van der Waals surface area (Å²) < 4.78 is 1.09. The molecule has 0 amide bonds. The van der Waals surface area contributed by atoms with Crippen LogP contribution < -0.4 is 0 Å². The minimum Gasteiger partial charge on any atom is -0.141 e. The van der Waals surface area contributed by atoms with Gasteiger partial charge in [-0.3, -0.25) is 0 Å². The molecule has 3 rings (SSSR count). The molecule has 0 N–H and O–H groups in total. The van der Waals surface area contributed by atoms with Gasteiger partial charge in [0.1, 0.15) is 15.4 Å². The van der Waals surface area contributed by atoms with Crippen molar-refractivity contribution in [3.05, 3.63) is 67.7 Å². The molecule has 0 radical (unpaired) electrons. The molecule has 3 aromatic rings. The first kappa shape index (κ1) is 15.2. The van der Waals surface area contributed by atoms with Gasteiger partial charge in [-0.25, -0.2) is 0 Å². The molecule has 2 aromatic carbocycles. The minimum absolute atomic E-state index is 0.283. The van der Waals surface area contributed by atoms with E-state index >= 15 is 0 Å². The van der Waals surface area contributed by atoms with Gasteiger partial charge in [-0.05, 0) is 46.4 Å². The number of nitrogens with zero attached hydrogens (tertiary/aromatic N) is 2. The summed E-state index contributed by atoms with van der Waals surface area (Å²) in [7, 11) is 0. The smallest absolute Gasteiger partial charge is 0.141 e. The zero-order valence-corrected chi connectivity index (χ0v) is 15.1. The molecular weight excluding hydrogens is 438 g/mol. The highest BCUT2D eigenvalue weighted by Crippen LogP contribution is 2.36. The van der Waals surface area contributed by atoms with Crippen LogP contribution in [-0.2, 0) is 0 Å². The maximum Gasteiger partial charge on any atom is 0.148 e. The lowest BCUT2D eigenvalue weighted by Crippen LogP contribution is -1.91. The predicted octanol–water partition coefficient (Wildman–Crippen LogP) is 5.79. The summed E-state index contributed by atoms with van der Waals surface area (Å²) >= 11 is 16.3. The van der Waals surface area contributed by atoms with Crippen molar-refractivity contribution in [2.75, 3.05) is 0 Å². The van der Waals surface area contributed by atoms with Crippen molar-refractivity contribution >= 4 is 57.1 Å². The highest BCUT2D eigenvalue weighted by Gasteiger charge is 2.17. The molecule has 0 saturated carbocycles. The largest absolute Gasteiger partial charge is 0.148 e. The summed E-state index contributed by atoms with van der Waals surface area (Å²) in [6.45, 7) is 0. The van der Waals surface area contributed by atoms with Crippen molar-refractivity contribution in [1.29, 1.82) is 0 Å². The maximum absolute atomic E-state index is 6.48. The van der Waals surface area contributed by atoms with Crippen LogP contribution in [-0.4, -0.2) is 10.2 Å². The molecule has 1 heterocycles. The van der Waals surface area contributed by atoms with Crippen molar-refractivity contribution < 1.29 is 0 Å². The second-order valence-corrected chi connectivity index (χ2v) is 7.39. The Morgan fingerprint density at radius 3 is 2.57 bits per heavy atom.